The summed E-state index contributed by atoms with van der Waals surface area (Å²) in [5.41, 5.74) is 0.0403. The number of nitrogens with one attached hydrogen (secondary N) is 1. The van der Waals surface area contributed by atoms with Gasteiger partial charge in [-0.15, -0.1) is 0 Å². The third-order valence-electron chi connectivity index (χ3n) is 2.58. The predicted molar refractivity (Wildman–Crippen MR) is 76.9 cm³/mol. The summed E-state index contributed by atoms with van der Waals surface area (Å²) in [6, 6.07) is 5.63. The molecule has 0 saturated carbocycles. The molecule has 0 unspecified atom stereocenters. The number of aromatic hydroxyl groups is 1. The van der Waals surface area contributed by atoms with E-state index in [0.29, 0.717) is 5.56 Å². The molecule has 0 aliphatic heterocycles. The van der Waals surface area contributed by atoms with Crippen LogP contribution in [0.2, 0.25) is 0 Å². The van der Waals surface area contributed by atoms with E-state index in [9.17, 15) is 14.7 Å². The molecule has 0 heterocycles. The van der Waals surface area contributed by atoms with Crippen LogP contribution in [0.1, 0.15) is 38.8 Å². The van der Waals surface area contributed by atoms with Gasteiger partial charge in [-0.25, -0.2) is 4.79 Å². The highest BCUT2D eigenvalue weighted by Gasteiger charge is 2.22. The minimum atomic E-state index is -0.630. The first-order valence-electron chi connectivity index (χ1n) is 6.56. The largest absolute Gasteiger partial charge is 0.508 e. The SMILES string of the molecule is COC(=O)C[C@H](NC(=O)OC(C)(C)C)c1ccc(O)cc1. The van der Waals surface area contributed by atoms with Crippen LogP contribution < -0.4 is 5.32 Å². The van der Waals surface area contributed by atoms with Gasteiger partial charge in [0.2, 0.25) is 0 Å². The zero-order valence-electron chi connectivity index (χ0n) is 12.7. The lowest BCUT2D eigenvalue weighted by molar-refractivity contribution is -0.141. The van der Waals surface area contributed by atoms with Gasteiger partial charge in [-0.2, -0.15) is 0 Å². The van der Waals surface area contributed by atoms with E-state index in [1.165, 1.54) is 19.2 Å². The second-order valence-corrected chi connectivity index (χ2v) is 5.57. The summed E-state index contributed by atoms with van der Waals surface area (Å²) in [5.74, 6) is -0.350. The zero-order valence-corrected chi connectivity index (χ0v) is 12.7. The molecule has 6 nitrogen and oxygen atoms in total. The Morgan fingerprint density at radius 3 is 2.29 bits per heavy atom. The smallest absolute Gasteiger partial charge is 0.408 e. The number of amides is 1. The average Bonchev–Trinajstić information content (AvgIpc) is 2.36. The van der Waals surface area contributed by atoms with Crippen molar-refractivity contribution in [2.24, 2.45) is 0 Å². The lowest BCUT2D eigenvalue weighted by Gasteiger charge is -2.23. The van der Waals surface area contributed by atoms with Crippen LogP contribution in [0.15, 0.2) is 24.3 Å². The summed E-state index contributed by atoms with van der Waals surface area (Å²) in [6.45, 7) is 5.26. The molecule has 2 N–H and O–H groups in total. The first-order valence-corrected chi connectivity index (χ1v) is 6.56. The van der Waals surface area contributed by atoms with Crippen LogP contribution in [0.25, 0.3) is 0 Å². The van der Waals surface area contributed by atoms with Gasteiger partial charge in [0, 0.05) is 0 Å². The van der Waals surface area contributed by atoms with E-state index in [2.05, 4.69) is 10.1 Å². The summed E-state index contributed by atoms with van der Waals surface area (Å²) in [6.07, 6.45) is -0.648. The van der Waals surface area contributed by atoms with E-state index in [1.807, 2.05) is 0 Å². The third-order valence-corrected chi connectivity index (χ3v) is 2.58. The van der Waals surface area contributed by atoms with Crippen molar-refractivity contribution in [1.29, 1.82) is 0 Å². The summed E-state index contributed by atoms with van der Waals surface area (Å²) < 4.78 is 9.81. The Hall–Kier alpha value is -2.24. The lowest BCUT2D eigenvalue weighted by atomic mass is 10.0. The number of phenolic OH excluding ortho intramolecular Hbond substituents is 1. The van der Waals surface area contributed by atoms with Crippen molar-refractivity contribution in [2.75, 3.05) is 7.11 Å². The fourth-order valence-electron chi connectivity index (χ4n) is 1.66. The first-order chi connectivity index (χ1) is 9.71. The molecule has 0 radical (unpaired) electrons. The molecule has 0 aliphatic carbocycles. The molecule has 21 heavy (non-hydrogen) atoms. The van der Waals surface area contributed by atoms with E-state index < -0.39 is 23.7 Å². The molecule has 0 fully saturated rings. The zero-order chi connectivity index (χ0) is 16.0. The Morgan fingerprint density at radius 1 is 1.24 bits per heavy atom. The van der Waals surface area contributed by atoms with E-state index in [1.54, 1.807) is 32.9 Å². The molecule has 0 aliphatic rings. The first kappa shape index (κ1) is 16.8. The molecule has 1 atom stereocenters. The summed E-state index contributed by atoms with van der Waals surface area (Å²) in [5, 5.41) is 11.9. The second-order valence-electron chi connectivity index (χ2n) is 5.57. The quantitative estimate of drug-likeness (QED) is 0.834. The van der Waals surface area contributed by atoms with Gasteiger partial charge in [0.1, 0.15) is 11.4 Å². The number of hydrogen-bond donors (Lipinski definition) is 2. The summed E-state index contributed by atoms with van der Waals surface area (Å²) >= 11 is 0. The van der Waals surface area contributed by atoms with Crippen LogP contribution in [-0.4, -0.2) is 29.9 Å². The molecule has 116 valence electrons. The molecule has 0 saturated heterocycles. The minimum absolute atomic E-state index is 0.0273. The summed E-state index contributed by atoms with van der Waals surface area (Å²) in [4.78, 5) is 23.3. The lowest BCUT2D eigenvalue weighted by Crippen LogP contribution is -2.35. The Balaban J connectivity index is 2.84. The van der Waals surface area contributed by atoms with Gasteiger partial charge >= 0.3 is 12.1 Å². The van der Waals surface area contributed by atoms with Crippen molar-refractivity contribution in [1.82, 2.24) is 5.32 Å². The maximum Gasteiger partial charge on any atom is 0.408 e. The monoisotopic (exact) mass is 295 g/mol. The summed E-state index contributed by atoms with van der Waals surface area (Å²) in [7, 11) is 1.28. The highest BCUT2D eigenvalue weighted by molar-refractivity contribution is 5.73. The number of alkyl carbamates (subject to hydrolysis) is 1. The molecule has 1 aromatic carbocycles. The number of carbonyl (C=O) groups excluding carboxylic acids is 2. The molecular weight excluding hydrogens is 274 g/mol. The van der Waals surface area contributed by atoms with E-state index in [0.717, 1.165) is 0 Å². The van der Waals surface area contributed by atoms with Crippen molar-refractivity contribution in [3.63, 3.8) is 0 Å². The highest BCUT2D eigenvalue weighted by Crippen LogP contribution is 2.21. The van der Waals surface area contributed by atoms with Crippen LogP contribution in [0.4, 0.5) is 4.79 Å². The maximum absolute atomic E-state index is 11.8. The van der Waals surface area contributed by atoms with Crippen molar-refractivity contribution >= 4 is 12.1 Å². The molecule has 1 amide bonds. The number of esters is 1. The van der Waals surface area contributed by atoms with Crippen molar-refractivity contribution in [3.05, 3.63) is 29.8 Å². The number of ether oxygens (including phenoxy) is 2. The van der Waals surface area contributed by atoms with Gasteiger partial charge in [0.05, 0.1) is 19.6 Å². The topological polar surface area (TPSA) is 84.9 Å². The van der Waals surface area contributed by atoms with Gasteiger partial charge < -0.3 is 19.9 Å². The van der Waals surface area contributed by atoms with E-state index >= 15 is 0 Å². The molecule has 1 rings (SSSR count). The Morgan fingerprint density at radius 2 is 1.81 bits per heavy atom. The van der Waals surface area contributed by atoms with Crippen molar-refractivity contribution in [2.45, 2.75) is 38.8 Å². The molecule has 0 spiro atoms. The van der Waals surface area contributed by atoms with E-state index in [4.69, 9.17) is 4.74 Å². The highest BCUT2D eigenvalue weighted by atomic mass is 16.6. The minimum Gasteiger partial charge on any atom is -0.508 e. The van der Waals surface area contributed by atoms with Gasteiger partial charge in [-0.3, -0.25) is 4.79 Å². The van der Waals surface area contributed by atoms with Gasteiger partial charge in [0.15, 0.2) is 0 Å². The second kappa shape index (κ2) is 6.97. The number of rotatable bonds is 4. The predicted octanol–water partition coefficient (Wildman–Crippen LogP) is 2.52. The van der Waals surface area contributed by atoms with Gasteiger partial charge in [-0.1, -0.05) is 12.1 Å². The van der Waals surface area contributed by atoms with E-state index in [-0.39, 0.29) is 12.2 Å². The fraction of sp³-hybridized carbons (Fsp3) is 0.467. The molecule has 1 aromatic rings. The maximum atomic E-state index is 11.8. The van der Waals surface area contributed by atoms with Crippen LogP contribution >= 0.6 is 0 Å². The number of carbonyl (C=O) groups is 2. The number of hydrogen-bond acceptors (Lipinski definition) is 5. The fourth-order valence-corrected chi connectivity index (χ4v) is 1.66. The molecule has 0 aromatic heterocycles. The molecule has 0 bridgehead atoms. The molecular formula is C15H21NO5. The van der Waals surface area contributed by atoms with Crippen LogP contribution in [0.3, 0.4) is 0 Å². The van der Waals surface area contributed by atoms with Crippen LogP contribution in [0.5, 0.6) is 5.75 Å². The number of benzene rings is 1. The standard InChI is InChI=1S/C15H21NO5/c1-15(2,3)21-14(19)16-12(9-13(18)20-4)10-5-7-11(17)8-6-10/h5-8,12,17H,9H2,1-4H3,(H,16,19)/t12-/m0/s1. The van der Waals surface area contributed by atoms with Crippen LogP contribution in [0, 0.1) is 0 Å². The Labute approximate surface area is 124 Å². The average molecular weight is 295 g/mol. The number of methoxy groups -OCH3 is 1. The normalized spacial score (nSPS) is 12.4. The third kappa shape index (κ3) is 6.16. The van der Waals surface area contributed by atoms with Gasteiger partial charge in [-0.05, 0) is 38.5 Å². The Bertz CT molecular complexity index is 490. The van der Waals surface area contributed by atoms with Crippen molar-refractivity contribution < 1.29 is 24.2 Å². The van der Waals surface area contributed by atoms with Crippen LogP contribution in [-0.2, 0) is 14.3 Å². The Kier molecular flexibility index (Phi) is 5.58. The van der Waals surface area contributed by atoms with Crippen molar-refractivity contribution in [3.8, 4) is 5.75 Å². The number of phenols is 1. The van der Waals surface area contributed by atoms with Gasteiger partial charge in [0.25, 0.3) is 0 Å². The molecule has 6 heteroatoms.